The summed E-state index contributed by atoms with van der Waals surface area (Å²) in [6.45, 7) is 3.66. The summed E-state index contributed by atoms with van der Waals surface area (Å²) in [6.07, 6.45) is 5.51. The van der Waals surface area contributed by atoms with Crippen molar-refractivity contribution in [3.8, 4) is 5.82 Å². The van der Waals surface area contributed by atoms with Gasteiger partial charge in [-0.25, -0.2) is 9.07 Å². The molecule has 8 heteroatoms. The van der Waals surface area contributed by atoms with E-state index in [9.17, 15) is 4.39 Å². The maximum atomic E-state index is 13.6. The van der Waals surface area contributed by atoms with E-state index in [-0.39, 0.29) is 11.7 Å². The van der Waals surface area contributed by atoms with Crippen molar-refractivity contribution in [1.29, 1.82) is 0 Å². The molecule has 0 N–H and O–H groups in total. The van der Waals surface area contributed by atoms with Crippen LogP contribution in [0.15, 0.2) is 47.2 Å². The Kier molecular flexibility index (Phi) is 4.03. The minimum absolute atomic E-state index is 0.249. The number of fused-ring (bicyclic) bond motifs is 1. The molecule has 0 spiro atoms. The molecule has 1 fully saturated rings. The molecule has 1 aliphatic rings. The van der Waals surface area contributed by atoms with Crippen LogP contribution < -0.4 is 4.90 Å². The molecular weight excluding hydrogens is 359 g/mol. The molecule has 0 saturated carbocycles. The molecule has 0 atom stereocenters. The fourth-order valence-electron chi connectivity index (χ4n) is 3.75. The van der Waals surface area contributed by atoms with Crippen molar-refractivity contribution >= 4 is 16.8 Å². The highest BCUT2D eigenvalue weighted by atomic mass is 19.1. The molecule has 1 aromatic carbocycles. The largest absolute Gasteiger partial charge is 0.356 e. The molecule has 0 amide bonds. The van der Waals surface area contributed by atoms with Crippen LogP contribution in [0.1, 0.15) is 30.0 Å². The first-order chi connectivity index (χ1) is 13.7. The smallest absolute Gasteiger partial charge is 0.175 e. The second-order valence-corrected chi connectivity index (χ2v) is 7.18. The zero-order valence-electron chi connectivity index (χ0n) is 15.4. The summed E-state index contributed by atoms with van der Waals surface area (Å²) >= 11 is 0. The number of benzene rings is 1. The lowest BCUT2D eigenvalue weighted by Crippen LogP contribution is -2.33. The van der Waals surface area contributed by atoms with E-state index in [4.69, 9.17) is 4.52 Å². The second-order valence-electron chi connectivity index (χ2n) is 7.18. The van der Waals surface area contributed by atoms with Crippen LogP contribution in [-0.4, -0.2) is 38.2 Å². The van der Waals surface area contributed by atoms with E-state index in [0.29, 0.717) is 11.4 Å². The van der Waals surface area contributed by atoms with Gasteiger partial charge in [-0.05, 0) is 55.7 Å². The van der Waals surface area contributed by atoms with Crippen LogP contribution in [0.2, 0.25) is 0 Å². The fourth-order valence-corrected chi connectivity index (χ4v) is 3.75. The van der Waals surface area contributed by atoms with Crippen molar-refractivity contribution in [1.82, 2.24) is 25.1 Å². The van der Waals surface area contributed by atoms with Gasteiger partial charge in [0.25, 0.3) is 0 Å². The van der Waals surface area contributed by atoms with E-state index >= 15 is 0 Å². The lowest BCUT2D eigenvalue weighted by atomic mass is 9.91. The molecule has 0 radical (unpaired) electrons. The highest BCUT2D eigenvalue weighted by Gasteiger charge is 2.26. The predicted molar refractivity (Wildman–Crippen MR) is 102 cm³/mol. The average Bonchev–Trinajstić information content (AvgIpc) is 3.34. The molecule has 28 heavy (non-hydrogen) atoms. The molecule has 0 aliphatic carbocycles. The molecule has 1 aliphatic heterocycles. The van der Waals surface area contributed by atoms with Crippen molar-refractivity contribution in [3.05, 3.63) is 59.8 Å². The molecule has 1 saturated heterocycles. The van der Waals surface area contributed by atoms with Crippen molar-refractivity contribution in [2.75, 3.05) is 18.0 Å². The summed E-state index contributed by atoms with van der Waals surface area (Å²) in [6, 6.07) is 8.44. The number of halogens is 1. The average molecular weight is 378 g/mol. The Morgan fingerprint density at radius 3 is 2.57 bits per heavy atom. The van der Waals surface area contributed by atoms with Gasteiger partial charge in [0.2, 0.25) is 0 Å². The zero-order valence-corrected chi connectivity index (χ0v) is 15.4. The lowest BCUT2D eigenvalue weighted by molar-refractivity contribution is 0.416. The molecule has 0 unspecified atom stereocenters. The van der Waals surface area contributed by atoms with Crippen molar-refractivity contribution in [2.45, 2.75) is 25.7 Å². The van der Waals surface area contributed by atoms with Crippen LogP contribution in [0.3, 0.4) is 0 Å². The fraction of sp³-hybridized carbons (Fsp3) is 0.300. The Morgan fingerprint density at radius 1 is 1.07 bits per heavy atom. The van der Waals surface area contributed by atoms with Gasteiger partial charge in [0.05, 0.1) is 11.9 Å². The third-order valence-electron chi connectivity index (χ3n) is 5.25. The second kappa shape index (κ2) is 6.70. The Bertz CT molecular complexity index is 1110. The Morgan fingerprint density at radius 2 is 1.86 bits per heavy atom. The maximum Gasteiger partial charge on any atom is 0.175 e. The number of anilines is 1. The van der Waals surface area contributed by atoms with E-state index in [0.717, 1.165) is 48.4 Å². The van der Waals surface area contributed by atoms with Gasteiger partial charge in [0.15, 0.2) is 17.2 Å². The van der Waals surface area contributed by atoms with Crippen LogP contribution in [-0.2, 0) is 0 Å². The lowest BCUT2D eigenvalue weighted by Gasteiger charge is -2.31. The van der Waals surface area contributed by atoms with Crippen molar-refractivity contribution in [3.63, 3.8) is 0 Å². The molecule has 0 bridgehead atoms. The van der Waals surface area contributed by atoms with E-state index in [1.54, 1.807) is 16.9 Å². The third-order valence-corrected chi connectivity index (χ3v) is 5.25. The van der Waals surface area contributed by atoms with Gasteiger partial charge < -0.3 is 9.42 Å². The van der Waals surface area contributed by atoms with Gasteiger partial charge >= 0.3 is 0 Å². The van der Waals surface area contributed by atoms with Gasteiger partial charge in [-0.15, -0.1) is 10.2 Å². The summed E-state index contributed by atoms with van der Waals surface area (Å²) in [5.41, 5.74) is 2.56. The van der Waals surface area contributed by atoms with E-state index in [2.05, 4.69) is 25.4 Å². The van der Waals surface area contributed by atoms with Crippen LogP contribution in [0, 0.1) is 12.7 Å². The van der Waals surface area contributed by atoms with Crippen LogP contribution in [0.5, 0.6) is 0 Å². The Hall–Kier alpha value is -3.29. The number of hydrogen-bond acceptors (Lipinski definition) is 6. The van der Waals surface area contributed by atoms with Gasteiger partial charge in [0, 0.05) is 30.6 Å². The molecule has 4 aromatic rings. The van der Waals surface area contributed by atoms with E-state index < -0.39 is 0 Å². The first kappa shape index (κ1) is 16.9. The summed E-state index contributed by atoms with van der Waals surface area (Å²) < 4.78 is 20.7. The zero-order chi connectivity index (χ0) is 19.1. The number of piperidine rings is 1. The summed E-state index contributed by atoms with van der Waals surface area (Å²) in [5, 5.41) is 17.9. The highest BCUT2D eigenvalue weighted by molar-refractivity contribution is 5.80. The normalized spacial score (nSPS) is 15.4. The van der Waals surface area contributed by atoms with Gasteiger partial charge in [-0.3, -0.25) is 0 Å². The van der Waals surface area contributed by atoms with Gasteiger partial charge in [-0.2, -0.15) is 5.10 Å². The van der Waals surface area contributed by atoms with Crippen LogP contribution in [0.4, 0.5) is 10.2 Å². The van der Waals surface area contributed by atoms with Gasteiger partial charge in [0.1, 0.15) is 5.82 Å². The maximum absolute atomic E-state index is 13.6. The molecule has 4 heterocycles. The van der Waals surface area contributed by atoms with Crippen molar-refractivity contribution in [2.24, 2.45) is 0 Å². The molecular formula is C20H19FN6O. The monoisotopic (exact) mass is 378 g/mol. The number of nitrogens with zero attached hydrogens (tertiary/aromatic N) is 6. The molecule has 142 valence electrons. The Labute approximate surface area is 160 Å². The van der Waals surface area contributed by atoms with E-state index in [1.165, 1.54) is 12.1 Å². The molecule has 7 nitrogen and oxygen atoms in total. The third kappa shape index (κ3) is 3.00. The minimum Gasteiger partial charge on any atom is -0.356 e. The van der Waals surface area contributed by atoms with Crippen LogP contribution >= 0.6 is 0 Å². The topological polar surface area (TPSA) is 72.9 Å². The van der Waals surface area contributed by atoms with Crippen LogP contribution in [0.25, 0.3) is 16.8 Å². The first-order valence-electron chi connectivity index (χ1n) is 9.32. The van der Waals surface area contributed by atoms with Gasteiger partial charge in [-0.1, -0.05) is 5.16 Å². The number of rotatable bonds is 3. The molecule has 3 aromatic heterocycles. The summed E-state index contributed by atoms with van der Waals surface area (Å²) in [4.78, 5) is 2.21. The summed E-state index contributed by atoms with van der Waals surface area (Å²) in [5.74, 6) is 1.53. The molecule has 5 rings (SSSR count). The summed E-state index contributed by atoms with van der Waals surface area (Å²) in [7, 11) is 0. The number of aryl methyl sites for hydroxylation is 1. The standard InChI is InChI=1S/C20H19FN6O/c1-13-11-22-27(12-13)19-5-4-18(23-24-19)26-8-6-14(7-9-26)20-16-10-15(21)2-3-17(16)28-25-20/h2-5,10-12,14H,6-9H2,1H3. The SMILES string of the molecule is Cc1cnn(-c2ccc(N3CCC(c4noc5ccc(F)cc45)CC3)nn2)c1. The Balaban J connectivity index is 1.29. The van der Waals surface area contributed by atoms with E-state index in [1.807, 2.05) is 25.3 Å². The minimum atomic E-state index is -0.267. The van der Waals surface area contributed by atoms with Crippen molar-refractivity contribution < 1.29 is 8.91 Å². The number of hydrogen-bond donors (Lipinski definition) is 0. The predicted octanol–water partition coefficient (Wildman–Crippen LogP) is 3.64. The number of aromatic nitrogens is 5. The first-order valence-corrected chi connectivity index (χ1v) is 9.32. The highest BCUT2D eigenvalue weighted by Crippen LogP contribution is 2.33. The quantitative estimate of drug-likeness (QED) is 0.542.